The topological polar surface area (TPSA) is 91.1 Å². The molecule has 24 heavy (non-hydrogen) atoms. The zero-order valence-electron chi connectivity index (χ0n) is 12.4. The molecule has 0 aliphatic heterocycles. The van der Waals surface area contributed by atoms with E-state index in [1.165, 1.54) is 12.1 Å². The molecule has 0 fully saturated rings. The van der Waals surface area contributed by atoms with Gasteiger partial charge in [-0.3, -0.25) is 10.2 Å². The normalized spacial score (nSPS) is 11.5. The van der Waals surface area contributed by atoms with Crippen LogP contribution in [0.15, 0.2) is 59.6 Å². The molecular weight excluding hydrogens is 350 g/mol. The fourth-order valence-corrected chi connectivity index (χ4v) is 3.72. The van der Waals surface area contributed by atoms with Crippen LogP contribution in [-0.2, 0) is 21.2 Å². The molecule has 8 heteroatoms. The molecule has 0 aliphatic carbocycles. The zero-order chi connectivity index (χ0) is 17.2. The number of carbonyl (C=O) groups excluding carboxylic acids is 1. The minimum atomic E-state index is -3.93. The van der Waals surface area contributed by atoms with Crippen LogP contribution in [0.25, 0.3) is 10.9 Å². The lowest BCUT2D eigenvalue weighted by Crippen LogP contribution is -2.42. The maximum atomic E-state index is 12.2. The Labute approximate surface area is 143 Å². The Kier molecular flexibility index (Phi) is 4.57. The van der Waals surface area contributed by atoms with Gasteiger partial charge in [0.1, 0.15) is 4.90 Å². The Balaban J connectivity index is 1.69. The van der Waals surface area contributed by atoms with E-state index in [1.54, 1.807) is 18.3 Å². The maximum Gasteiger partial charge on any atom is 0.258 e. The number of hydrogen-bond acceptors (Lipinski definition) is 3. The van der Waals surface area contributed by atoms with Gasteiger partial charge in [-0.25, -0.2) is 8.42 Å². The predicted molar refractivity (Wildman–Crippen MR) is 91.9 cm³/mol. The van der Waals surface area contributed by atoms with Crippen molar-refractivity contribution in [1.82, 2.24) is 15.2 Å². The van der Waals surface area contributed by atoms with Crippen LogP contribution in [0.3, 0.4) is 0 Å². The minimum Gasteiger partial charge on any atom is -0.361 e. The van der Waals surface area contributed by atoms with Crippen molar-refractivity contribution in [3.8, 4) is 0 Å². The second-order valence-corrected chi connectivity index (χ2v) is 7.18. The predicted octanol–water partition coefficient (Wildman–Crippen LogP) is 2.37. The van der Waals surface area contributed by atoms with Crippen molar-refractivity contribution in [2.24, 2.45) is 0 Å². The van der Waals surface area contributed by atoms with Crippen molar-refractivity contribution in [1.29, 1.82) is 0 Å². The third kappa shape index (κ3) is 3.43. The summed E-state index contributed by atoms with van der Waals surface area (Å²) in [4.78, 5) is 17.1. The van der Waals surface area contributed by atoms with E-state index in [9.17, 15) is 13.2 Å². The summed E-state index contributed by atoms with van der Waals surface area (Å²) in [6.07, 6.45) is 1.77. The average molecular weight is 364 g/mol. The van der Waals surface area contributed by atoms with Gasteiger partial charge in [-0.15, -0.1) is 4.83 Å². The van der Waals surface area contributed by atoms with Gasteiger partial charge in [-0.05, 0) is 23.8 Å². The smallest absolute Gasteiger partial charge is 0.258 e. The number of H-pyrrole nitrogens is 1. The SMILES string of the molecule is O=C(Cc1c[nH]c2ccccc12)NNS(=O)(=O)c1ccccc1Cl. The van der Waals surface area contributed by atoms with Crippen LogP contribution >= 0.6 is 11.6 Å². The van der Waals surface area contributed by atoms with Crippen LogP contribution in [0.4, 0.5) is 0 Å². The van der Waals surface area contributed by atoms with Crippen LogP contribution in [0.2, 0.25) is 5.02 Å². The second-order valence-electron chi connectivity index (χ2n) is 5.12. The number of hydrazine groups is 1. The molecule has 0 radical (unpaired) electrons. The number of rotatable bonds is 5. The minimum absolute atomic E-state index is 0.0368. The van der Waals surface area contributed by atoms with E-state index >= 15 is 0 Å². The Morgan fingerprint density at radius 2 is 1.79 bits per heavy atom. The lowest BCUT2D eigenvalue weighted by atomic mass is 10.1. The highest BCUT2D eigenvalue weighted by Gasteiger charge is 2.18. The molecule has 0 saturated heterocycles. The molecule has 6 nitrogen and oxygen atoms in total. The van der Waals surface area contributed by atoms with E-state index < -0.39 is 15.9 Å². The molecule has 3 rings (SSSR count). The van der Waals surface area contributed by atoms with E-state index in [2.05, 4.69) is 15.2 Å². The van der Waals surface area contributed by atoms with Crippen LogP contribution in [-0.4, -0.2) is 19.3 Å². The van der Waals surface area contributed by atoms with E-state index in [0.29, 0.717) is 0 Å². The van der Waals surface area contributed by atoms with E-state index in [1.807, 2.05) is 24.3 Å². The van der Waals surface area contributed by atoms with Gasteiger partial charge >= 0.3 is 0 Å². The first-order valence-electron chi connectivity index (χ1n) is 7.07. The molecule has 0 spiro atoms. The summed E-state index contributed by atoms with van der Waals surface area (Å²) < 4.78 is 24.3. The van der Waals surface area contributed by atoms with Crippen LogP contribution in [0, 0.1) is 0 Å². The number of benzene rings is 2. The standard InChI is InChI=1S/C16H14ClN3O3S/c17-13-6-2-4-8-15(13)24(22,23)20-19-16(21)9-11-10-18-14-7-3-1-5-12(11)14/h1-8,10,18,20H,9H2,(H,19,21). The van der Waals surface area contributed by atoms with E-state index in [-0.39, 0.29) is 16.3 Å². The molecule has 124 valence electrons. The fourth-order valence-electron chi connectivity index (χ4n) is 2.34. The van der Waals surface area contributed by atoms with Gasteiger partial charge in [0.15, 0.2) is 0 Å². The summed E-state index contributed by atoms with van der Waals surface area (Å²) in [5.41, 5.74) is 3.89. The van der Waals surface area contributed by atoms with Gasteiger partial charge in [-0.2, -0.15) is 0 Å². The third-order valence-electron chi connectivity index (χ3n) is 3.48. The van der Waals surface area contributed by atoms with Crippen LogP contribution in [0.1, 0.15) is 5.56 Å². The van der Waals surface area contributed by atoms with Gasteiger partial charge < -0.3 is 4.98 Å². The molecule has 3 N–H and O–H groups in total. The Morgan fingerprint density at radius 3 is 2.58 bits per heavy atom. The third-order valence-corrected chi connectivity index (χ3v) is 5.22. The van der Waals surface area contributed by atoms with Gasteiger partial charge in [0, 0.05) is 17.1 Å². The Morgan fingerprint density at radius 1 is 1.08 bits per heavy atom. The summed E-state index contributed by atoms with van der Waals surface area (Å²) in [5, 5.41) is 0.998. The largest absolute Gasteiger partial charge is 0.361 e. The van der Waals surface area contributed by atoms with Crippen molar-refractivity contribution >= 4 is 38.4 Å². The van der Waals surface area contributed by atoms with E-state index in [0.717, 1.165) is 16.5 Å². The number of amides is 1. The first-order chi connectivity index (χ1) is 11.5. The summed E-state index contributed by atoms with van der Waals surface area (Å²) in [6, 6.07) is 13.5. The number of aromatic amines is 1. The van der Waals surface area contributed by atoms with Crippen molar-refractivity contribution in [3.63, 3.8) is 0 Å². The summed E-state index contributed by atoms with van der Waals surface area (Å²) in [5.74, 6) is -0.476. The maximum absolute atomic E-state index is 12.2. The number of halogens is 1. The van der Waals surface area contributed by atoms with Crippen LogP contribution < -0.4 is 10.3 Å². The molecule has 1 heterocycles. The quantitative estimate of drug-likeness (QED) is 0.608. The molecule has 3 aromatic rings. The Hall–Kier alpha value is -2.35. The number of fused-ring (bicyclic) bond motifs is 1. The lowest BCUT2D eigenvalue weighted by molar-refractivity contribution is -0.120. The molecule has 0 unspecified atom stereocenters. The highest BCUT2D eigenvalue weighted by atomic mass is 35.5. The Bertz CT molecular complexity index is 998. The molecule has 0 bridgehead atoms. The highest BCUT2D eigenvalue weighted by molar-refractivity contribution is 7.89. The molecule has 1 aromatic heterocycles. The molecule has 0 atom stereocenters. The molecular formula is C16H14ClN3O3S. The number of hydrogen-bond donors (Lipinski definition) is 3. The highest BCUT2D eigenvalue weighted by Crippen LogP contribution is 2.20. The first kappa shape index (κ1) is 16.5. The number of carbonyl (C=O) groups is 1. The van der Waals surface area contributed by atoms with Crippen molar-refractivity contribution < 1.29 is 13.2 Å². The zero-order valence-corrected chi connectivity index (χ0v) is 14.0. The van der Waals surface area contributed by atoms with Gasteiger partial charge in [0.05, 0.1) is 11.4 Å². The number of para-hydroxylation sites is 1. The molecule has 2 aromatic carbocycles. The first-order valence-corrected chi connectivity index (χ1v) is 8.93. The van der Waals surface area contributed by atoms with Gasteiger partial charge in [-0.1, -0.05) is 41.9 Å². The van der Waals surface area contributed by atoms with Crippen molar-refractivity contribution in [2.45, 2.75) is 11.3 Å². The van der Waals surface area contributed by atoms with Crippen molar-refractivity contribution in [2.75, 3.05) is 0 Å². The number of sulfonamides is 1. The van der Waals surface area contributed by atoms with E-state index in [4.69, 9.17) is 11.6 Å². The number of aromatic nitrogens is 1. The lowest BCUT2D eigenvalue weighted by Gasteiger charge is -2.09. The van der Waals surface area contributed by atoms with Gasteiger partial charge in [0.2, 0.25) is 5.91 Å². The average Bonchev–Trinajstić information content (AvgIpc) is 2.97. The van der Waals surface area contributed by atoms with Gasteiger partial charge in [0.25, 0.3) is 10.0 Å². The number of nitrogens with one attached hydrogen (secondary N) is 3. The molecule has 0 saturated carbocycles. The monoisotopic (exact) mass is 363 g/mol. The molecule has 0 aliphatic rings. The van der Waals surface area contributed by atoms with Crippen molar-refractivity contribution in [3.05, 3.63) is 65.3 Å². The summed E-state index contributed by atoms with van der Waals surface area (Å²) >= 11 is 5.87. The molecule has 1 amide bonds. The fraction of sp³-hybridized carbons (Fsp3) is 0.0625. The summed E-state index contributed by atoms with van der Waals surface area (Å²) in [7, 11) is -3.93. The second kappa shape index (κ2) is 6.64. The van der Waals surface area contributed by atoms with Crippen LogP contribution in [0.5, 0.6) is 0 Å². The summed E-state index contributed by atoms with van der Waals surface area (Å²) in [6.45, 7) is 0.